The Kier molecular flexibility index (Phi) is 3.22. The Morgan fingerprint density at radius 3 is 2.85 bits per heavy atom. The van der Waals surface area contributed by atoms with E-state index in [0.717, 1.165) is 6.07 Å². The molecule has 0 aromatic heterocycles. The number of carbonyl (C=O) groups excluding carboxylic acids is 1. The van der Waals surface area contributed by atoms with Gasteiger partial charge in [0.2, 0.25) is 5.91 Å². The minimum absolute atomic E-state index is 0.146. The summed E-state index contributed by atoms with van der Waals surface area (Å²) in [6, 6.07) is 3.80. The summed E-state index contributed by atoms with van der Waals surface area (Å²) in [5, 5.41) is 0. The molecule has 0 bridgehead atoms. The van der Waals surface area contributed by atoms with Gasteiger partial charge in [-0.3, -0.25) is 4.79 Å². The second kappa shape index (κ2) is 4.20. The highest BCUT2D eigenvalue weighted by molar-refractivity contribution is 6.13. The topological polar surface area (TPSA) is 55.1 Å². The van der Waals surface area contributed by atoms with E-state index in [1.807, 2.05) is 0 Å². The number of primary amides is 1. The average molecular weight is 203 g/mol. The van der Waals surface area contributed by atoms with Crippen LogP contribution in [0.3, 0.4) is 0 Å². The lowest BCUT2D eigenvalue weighted by molar-refractivity contribution is 0.0999. The minimum Gasteiger partial charge on any atom is -0.366 e. The smallest absolute Gasteiger partial charge is 0.249 e. The molecule has 0 heterocycles. The van der Waals surface area contributed by atoms with Gasteiger partial charge in [0.25, 0.3) is 0 Å². The molecule has 5 heteroatoms. The van der Waals surface area contributed by atoms with E-state index in [4.69, 9.17) is 17.5 Å². The van der Waals surface area contributed by atoms with Crippen molar-refractivity contribution < 1.29 is 9.18 Å². The van der Waals surface area contributed by atoms with E-state index < -0.39 is 11.7 Å². The molecule has 3 nitrogen and oxygen atoms in total. The van der Waals surface area contributed by atoms with Gasteiger partial charge in [-0.15, -0.1) is 0 Å². The predicted octanol–water partition coefficient (Wildman–Crippen LogP) is 1.17. The van der Waals surface area contributed by atoms with Gasteiger partial charge in [-0.25, -0.2) is 9.23 Å². The van der Waals surface area contributed by atoms with E-state index >= 15 is 0 Å². The van der Waals surface area contributed by atoms with Gasteiger partial charge in [0, 0.05) is 12.1 Å². The van der Waals surface area contributed by atoms with Crippen molar-refractivity contribution in [3.8, 4) is 0 Å². The monoisotopic (exact) mass is 202 g/mol. The maximum absolute atomic E-state index is 12.7. The van der Waals surface area contributed by atoms with Crippen LogP contribution in [0, 0.1) is 5.82 Å². The first-order chi connectivity index (χ1) is 6.15. The standard InChI is InChI=1S/C8H8ClFN2O/c9-12-4-5-1-2-6(10)3-7(5)8(11)13/h1-3,12H,4H2,(H2,11,13). The lowest BCUT2D eigenvalue weighted by Gasteiger charge is -2.04. The van der Waals surface area contributed by atoms with Crippen molar-refractivity contribution in [3.63, 3.8) is 0 Å². The highest BCUT2D eigenvalue weighted by atomic mass is 35.5. The van der Waals surface area contributed by atoms with Crippen LogP contribution in [0.25, 0.3) is 0 Å². The number of hydrogen-bond acceptors (Lipinski definition) is 2. The first-order valence-electron chi connectivity index (χ1n) is 3.57. The largest absolute Gasteiger partial charge is 0.366 e. The molecule has 0 aliphatic rings. The highest BCUT2D eigenvalue weighted by Crippen LogP contribution is 2.10. The zero-order chi connectivity index (χ0) is 9.84. The fourth-order valence-electron chi connectivity index (χ4n) is 1.00. The zero-order valence-electron chi connectivity index (χ0n) is 6.68. The SMILES string of the molecule is NC(=O)c1cc(F)ccc1CNCl. The molecule has 1 rings (SSSR count). The van der Waals surface area contributed by atoms with E-state index in [9.17, 15) is 9.18 Å². The summed E-state index contributed by atoms with van der Waals surface area (Å²) in [5.41, 5.74) is 5.76. The third kappa shape index (κ3) is 2.40. The highest BCUT2D eigenvalue weighted by Gasteiger charge is 2.08. The summed E-state index contributed by atoms with van der Waals surface area (Å²) in [6.45, 7) is 0.264. The Hall–Kier alpha value is -1.13. The van der Waals surface area contributed by atoms with Gasteiger partial charge in [0.05, 0.1) is 0 Å². The van der Waals surface area contributed by atoms with Gasteiger partial charge in [0.1, 0.15) is 5.82 Å². The van der Waals surface area contributed by atoms with E-state index in [1.165, 1.54) is 12.1 Å². The molecule has 0 unspecified atom stereocenters. The van der Waals surface area contributed by atoms with Crippen LogP contribution in [0.2, 0.25) is 0 Å². The van der Waals surface area contributed by atoms with Crippen LogP contribution in [-0.4, -0.2) is 5.91 Å². The number of benzene rings is 1. The Labute approximate surface area is 79.8 Å². The van der Waals surface area contributed by atoms with E-state index in [2.05, 4.69) is 4.84 Å². The summed E-state index contributed by atoms with van der Waals surface area (Å²) in [4.78, 5) is 13.2. The summed E-state index contributed by atoms with van der Waals surface area (Å²) in [5.74, 6) is -1.16. The van der Waals surface area contributed by atoms with E-state index in [1.54, 1.807) is 0 Å². The number of hydrogen-bond donors (Lipinski definition) is 2. The molecule has 1 amide bonds. The quantitative estimate of drug-likeness (QED) is 0.723. The lowest BCUT2D eigenvalue weighted by atomic mass is 10.1. The second-order valence-corrected chi connectivity index (χ2v) is 2.74. The maximum atomic E-state index is 12.7. The van der Waals surface area contributed by atoms with Gasteiger partial charge >= 0.3 is 0 Å². The van der Waals surface area contributed by atoms with Crippen LogP contribution in [0.4, 0.5) is 4.39 Å². The molecule has 0 fully saturated rings. The Balaban J connectivity index is 3.10. The molecule has 0 saturated heterocycles. The average Bonchev–Trinajstić information content (AvgIpc) is 2.08. The Morgan fingerprint density at radius 2 is 2.31 bits per heavy atom. The maximum Gasteiger partial charge on any atom is 0.249 e. The van der Waals surface area contributed by atoms with Gasteiger partial charge in [-0.05, 0) is 29.5 Å². The molecule has 13 heavy (non-hydrogen) atoms. The number of rotatable bonds is 3. The van der Waals surface area contributed by atoms with E-state index in [0.29, 0.717) is 5.56 Å². The Bertz CT molecular complexity index is 330. The van der Waals surface area contributed by atoms with Crippen LogP contribution < -0.4 is 10.6 Å². The summed E-state index contributed by atoms with van der Waals surface area (Å²) in [7, 11) is 0. The summed E-state index contributed by atoms with van der Waals surface area (Å²) >= 11 is 5.26. The number of carbonyl (C=O) groups is 1. The number of amides is 1. The third-order valence-electron chi connectivity index (χ3n) is 1.59. The Morgan fingerprint density at radius 1 is 1.62 bits per heavy atom. The van der Waals surface area contributed by atoms with Gasteiger partial charge in [0.15, 0.2) is 0 Å². The van der Waals surface area contributed by atoms with Crippen molar-refractivity contribution in [2.24, 2.45) is 5.73 Å². The normalized spacial score (nSPS) is 10.0. The van der Waals surface area contributed by atoms with Crippen LogP contribution in [0.1, 0.15) is 15.9 Å². The van der Waals surface area contributed by atoms with Crippen molar-refractivity contribution >= 4 is 17.7 Å². The van der Waals surface area contributed by atoms with Crippen LogP contribution >= 0.6 is 11.8 Å². The lowest BCUT2D eigenvalue weighted by Crippen LogP contribution is -2.15. The van der Waals surface area contributed by atoms with E-state index in [-0.39, 0.29) is 12.1 Å². The summed E-state index contributed by atoms with van der Waals surface area (Å²) in [6.07, 6.45) is 0. The first-order valence-corrected chi connectivity index (χ1v) is 3.94. The van der Waals surface area contributed by atoms with Crippen molar-refractivity contribution in [1.82, 2.24) is 4.84 Å². The minimum atomic E-state index is -0.665. The third-order valence-corrected chi connectivity index (χ3v) is 1.73. The van der Waals surface area contributed by atoms with Crippen molar-refractivity contribution in [3.05, 3.63) is 35.1 Å². The first kappa shape index (κ1) is 9.95. The number of halogens is 2. The molecular formula is C8H8ClFN2O. The van der Waals surface area contributed by atoms with Crippen LogP contribution in [-0.2, 0) is 6.54 Å². The van der Waals surface area contributed by atoms with Crippen molar-refractivity contribution in [1.29, 1.82) is 0 Å². The fraction of sp³-hybridized carbons (Fsp3) is 0.125. The second-order valence-electron chi connectivity index (χ2n) is 2.48. The molecule has 1 aromatic carbocycles. The van der Waals surface area contributed by atoms with Gasteiger partial charge < -0.3 is 5.73 Å². The van der Waals surface area contributed by atoms with Gasteiger partial charge in [-0.2, -0.15) is 0 Å². The molecule has 1 aromatic rings. The van der Waals surface area contributed by atoms with Gasteiger partial charge in [-0.1, -0.05) is 6.07 Å². The molecule has 70 valence electrons. The predicted molar refractivity (Wildman–Crippen MR) is 47.6 cm³/mol. The number of nitrogens with two attached hydrogens (primary N) is 1. The summed E-state index contributed by atoms with van der Waals surface area (Å²) < 4.78 is 12.7. The number of nitrogens with one attached hydrogen (secondary N) is 1. The molecule has 3 N–H and O–H groups in total. The van der Waals surface area contributed by atoms with Crippen LogP contribution in [0.15, 0.2) is 18.2 Å². The molecule has 0 atom stereocenters. The molecule has 0 spiro atoms. The molecule has 0 radical (unpaired) electrons. The molecule has 0 saturated carbocycles. The molecule has 0 aliphatic heterocycles. The van der Waals surface area contributed by atoms with Crippen LogP contribution in [0.5, 0.6) is 0 Å². The van der Waals surface area contributed by atoms with Crippen molar-refractivity contribution in [2.75, 3.05) is 0 Å². The van der Waals surface area contributed by atoms with Crippen molar-refractivity contribution in [2.45, 2.75) is 6.54 Å². The zero-order valence-corrected chi connectivity index (χ0v) is 7.44. The fourth-order valence-corrected chi connectivity index (χ4v) is 1.15. The molecular weight excluding hydrogens is 195 g/mol. The molecule has 0 aliphatic carbocycles.